The van der Waals surface area contributed by atoms with Gasteiger partial charge < -0.3 is 15.0 Å². The van der Waals surface area contributed by atoms with Crippen molar-refractivity contribution in [2.45, 2.75) is 0 Å². The number of aromatic nitrogens is 3. The number of benzene rings is 2. The van der Waals surface area contributed by atoms with Gasteiger partial charge in [0.15, 0.2) is 0 Å². The van der Waals surface area contributed by atoms with Gasteiger partial charge in [-0.25, -0.2) is 0 Å². The van der Waals surface area contributed by atoms with Gasteiger partial charge in [-0.2, -0.15) is 12.4 Å². The number of fused-ring (bicyclic) bond motifs is 3. The van der Waals surface area contributed by atoms with E-state index < -0.39 is 0 Å². The number of hydrogen-bond acceptors (Lipinski definition) is 1. The van der Waals surface area contributed by atoms with Crippen LogP contribution in [0, 0.1) is 6.07 Å². The molecule has 0 aliphatic rings. The van der Waals surface area contributed by atoms with Gasteiger partial charge in [-0.05, 0) is 22.5 Å². The summed E-state index contributed by atoms with van der Waals surface area (Å²) in [5.74, 6) is 0. The minimum atomic E-state index is 0. The molecule has 0 bridgehead atoms. The van der Waals surface area contributed by atoms with Gasteiger partial charge in [-0.1, -0.05) is 36.4 Å². The summed E-state index contributed by atoms with van der Waals surface area (Å²) in [4.78, 5) is 12.7. The summed E-state index contributed by atoms with van der Waals surface area (Å²) < 4.78 is 0. The number of rotatable bonds is 1. The first-order valence-corrected chi connectivity index (χ1v) is 7.72. The third kappa shape index (κ3) is 3.75. The fourth-order valence-electron chi connectivity index (χ4n) is 2.61. The van der Waals surface area contributed by atoms with Crippen LogP contribution in [0.2, 0.25) is 0 Å². The van der Waals surface area contributed by atoms with E-state index in [1.54, 1.807) is 6.20 Å². The molecule has 0 fully saturated rings. The van der Waals surface area contributed by atoms with Crippen molar-refractivity contribution in [1.29, 1.82) is 0 Å². The van der Waals surface area contributed by atoms with Crippen molar-refractivity contribution in [2.24, 2.45) is 0 Å². The summed E-state index contributed by atoms with van der Waals surface area (Å²) in [5, 5.41) is 2.34. The predicted octanol–water partition coefficient (Wildman–Crippen LogP) is 4.45. The molecule has 25 heavy (non-hydrogen) atoms. The predicted molar refractivity (Wildman–Crippen MR) is 96.6 cm³/mol. The normalized spacial score (nSPS) is 10.1. The largest absolute Gasteiger partial charge is 3.00 e. The van der Waals surface area contributed by atoms with Crippen LogP contribution in [0.4, 0.5) is 0 Å². The summed E-state index contributed by atoms with van der Waals surface area (Å²) in [6, 6.07) is 25.0. The third-order valence-corrected chi connectivity index (χ3v) is 3.78. The molecule has 3 heterocycles. The quantitative estimate of drug-likeness (QED) is 0.250. The van der Waals surface area contributed by atoms with Crippen LogP contribution in [0.25, 0.3) is 33.1 Å². The Bertz CT molecular complexity index is 963. The van der Waals surface area contributed by atoms with E-state index >= 15 is 0 Å². The van der Waals surface area contributed by atoms with E-state index in [0.29, 0.717) is 0 Å². The van der Waals surface area contributed by atoms with Gasteiger partial charge in [0, 0.05) is 6.20 Å². The van der Waals surface area contributed by atoms with Gasteiger partial charge in [0.25, 0.3) is 0 Å². The van der Waals surface area contributed by atoms with E-state index in [4.69, 9.17) is 0 Å². The second-order valence-corrected chi connectivity index (χ2v) is 5.32. The molecule has 0 saturated heterocycles. The van der Waals surface area contributed by atoms with E-state index in [0.717, 1.165) is 22.3 Å². The van der Waals surface area contributed by atoms with Gasteiger partial charge in [-0.3, -0.25) is 0 Å². The Morgan fingerprint density at radius 2 is 1.40 bits per heavy atom. The smallest absolute Gasteiger partial charge is 0.665 e. The van der Waals surface area contributed by atoms with Crippen molar-refractivity contribution in [2.75, 3.05) is 0 Å². The van der Waals surface area contributed by atoms with Crippen LogP contribution in [0.5, 0.6) is 0 Å². The second-order valence-electron chi connectivity index (χ2n) is 5.32. The van der Waals surface area contributed by atoms with Gasteiger partial charge in [0.1, 0.15) is 0 Å². The molecule has 3 aromatic heterocycles. The zero-order valence-corrected chi connectivity index (χ0v) is 15.4. The summed E-state index contributed by atoms with van der Waals surface area (Å²) >= 11 is 0. The molecular formula is C21H14AuN3. The summed E-state index contributed by atoms with van der Waals surface area (Å²) in [5.41, 5.74) is 4.03. The molecule has 0 radical (unpaired) electrons. The molecule has 0 N–H and O–H groups in total. The maximum atomic E-state index is 4.26. The average molecular weight is 505 g/mol. The topological polar surface area (TPSA) is 41.1 Å². The zero-order valence-electron chi connectivity index (χ0n) is 13.2. The molecule has 0 saturated carbocycles. The Morgan fingerprint density at radius 1 is 0.720 bits per heavy atom. The molecule has 5 aromatic rings. The molecule has 0 aliphatic carbocycles. The summed E-state index contributed by atoms with van der Waals surface area (Å²) in [6.07, 6.45) is 5.42. The Hall–Kier alpha value is -2.59. The van der Waals surface area contributed by atoms with Gasteiger partial charge in [-0.15, -0.1) is 46.9 Å². The van der Waals surface area contributed by atoms with Crippen LogP contribution in [0.3, 0.4) is 0 Å². The van der Waals surface area contributed by atoms with Crippen LogP contribution in [0.15, 0.2) is 85.3 Å². The summed E-state index contributed by atoms with van der Waals surface area (Å²) in [6.45, 7) is 0. The van der Waals surface area contributed by atoms with Crippen molar-refractivity contribution >= 4 is 21.8 Å². The molecule has 124 valence electrons. The molecule has 0 amide bonds. The Labute approximate surface area is 161 Å². The van der Waals surface area contributed by atoms with E-state index in [1.807, 2.05) is 67.0 Å². The fraction of sp³-hybridized carbons (Fsp3) is 0. The van der Waals surface area contributed by atoms with E-state index in [-0.39, 0.29) is 22.4 Å². The number of pyridine rings is 1. The standard InChI is InChI=1S/C11H8N.C10H6N2.Au/c1-2-6-10(7-3-1)11-8-4-5-9-12-11;1-2-8-4-6-12-10(8)9-7(1)3-5-11-9;/h1-6,8-9H;1-6H;/q-1;-2;+3. The molecule has 0 spiro atoms. The molecule has 4 heteroatoms. The number of hydrogen-bond donors (Lipinski definition) is 0. The van der Waals surface area contributed by atoms with Crippen molar-refractivity contribution < 1.29 is 22.4 Å². The van der Waals surface area contributed by atoms with Crippen LogP contribution < -0.4 is 9.97 Å². The minimum Gasteiger partial charge on any atom is -0.665 e. The van der Waals surface area contributed by atoms with Crippen LogP contribution in [-0.2, 0) is 22.4 Å². The zero-order chi connectivity index (χ0) is 16.2. The fourth-order valence-corrected chi connectivity index (χ4v) is 2.61. The molecule has 5 rings (SSSR count). The summed E-state index contributed by atoms with van der Waals surface area (Å²) in [7, 11) is 0. The van der Waals surface area contributed by atoms with Crippen LogP contribution in [-0.4, -0.2) is 4.98 Å². The first-order chi connectivity index (χ1) is 11.9. The molecule has 0 atom stereocenters. The maximum Gasteiger partial charge on any atom is 3.00 e. The SMILES string of the molecule is [Au+3].[c-]1ccccc1-c1ccccn1.c1cc2ccc3cc[n-]c3c2[n-]1. The monoisotopic (exact) mass is 505 g/mol. The van der Waals surface area contributed by atoms with Gasteiger partial charge >= 0.3 is 22.4 Å². The van der Waals surface area contributed by atoms with E-state index in [9.17, 15) is 0 Å². The first-order valence-electron chi connectivity index (χ1n) is 7.72. The van der Waals surface area contributed by atoms with Crippen molar-refractivity contribution in [3.05, 3.63) is 91.4 Å². The van der Waals surface area contributed by atoms with Gasteiger partial charge in [0.2, 0.25) is 0 Å². The van der Waals surface area contributed by atoms with Crippen LogP contribution >= 0.6 is 0 Å². The van der Waals surface area contributed by atoms with Crippen molar-refractivity contribution in [1.82, 2.24) is 15.0 Å². The Kier molecular flexibility index (Phi) is 5.51. The minimum absolute atomic E-state index is 0. The van der Waals surface area contributed by atoms with Crippen LogP contribution in [0.1, 0.15) is 0 Å². The van der Waals surface area contributed by atoms with Crippen molar-refractivity contribution in [3.63, 3.8) is 0 Å². The molecule has 0 aliphatic heterocycles. The Balaban J connectivity index is 0.000000140. The molecule has 0 unspecified atom stereocenters. The average Bonchev–Trinajstić information content (AvgIpc) is 3.32. The second kappa shape index (κ2) is 7.99. The molecule has 3 nitrogen and oxygen atoms in total. The third-order valence-electron chi connectivity index (χ3n) is 3.78. The van der Waals surface area contributed by atoms with Gasteiger partial charge in [0.05, 0.1) is 0 Å². The maximum absolute atomic E-state index is 4.26. The van der Waals surface area contributed by atoms with E-state index in [1.165, 1.54) is 10.8 Å². The molecular weight excluding hydrogens is 491 g/mol. The van der Waals surface area contributed by atoms with Crippen molar-refractivity contribution in [3.8, 4) is 11.3 Å². The molecule has 2 aromatic carbocycles. The van der Waals surface area contributed by atoms with E-state index in [2.05, 4.69) is 33.2 Å². The number of nitrogens with zero attached hydrogens (tertiary/aromatic N) is 3. The Morgan fingerprint density at radius 3 is 1.96 bits per heavy atom. The first kappa shape index (κ1) is 17.2.